The van der Waals surface area contributed by atoms with Gasteiger partial charge in [0.15, 0.2) is 0 Å². The number of fused-ring (bicyclic) bond motifs is 3. The fourth-order valence-electron chi connectivity index (χ4n) is 5.22. The van der Waals surface area contributed by atoms with Crippen LogP contribution in [-0.4, -0.2) is 57.2 Å². The van der Waals surface area contributed by atoms with Crippen molar-refractivity contribution in [3.63, 3.8) is 0 Å². The molecule has 1 aliphatic heterocycles. The summed E-state index contributed by atoms with van der Waals surface area (Å²) in [6, 6.07) is 9.48. The van der Waals surface area contributed by atoms with Crippen LogP contribution in [0.2, 0.25) is 0 Å². The summed E-state index contributed by atoms with van der Waals surface area (Å²) in [5.74, 6) is -0.852. The number of nitrogens with one attached hydrogen (secondary N) is 1. The lowest BCUT2D eigenvalue weighted by atomic mass is 9.98. The van der Waals surface area contributed by atoms with Crippen molar-refractivity contribution >= 4 is 40.1 Å². The molecule has 5 rings (SSSR count). The summed E-state index contributed by atoms with van der Waals surface area (Å²) in [5.41, 5.74) is 1.70. The molecule has 0 bridgehead atoms. The number of rotatable bonds is 6. The summed E-state index contributed by atoms with van der Waals surface area (Å²) in [6.07, 6.45) is -2.40. The van der Waals surface area contributed by atoms with E-state index < -0.39 is 23.7 Å². The van der Waals surface area contributed by atoms with Crippen LogP contribution in [0.15, 0.2) is 62.9 Å². The van der Waals surface area contributed by atoms with E-state index in [4.69, 9.17) is 0 Å². The molecule has 0 radical (unpaired) electrons. The summed E-state index contributed by atoms with van der Waals surface area (Å²) in [6.45, 7) is 5.64. The van der Waals surface area contributed by atoms with Crippen LogP contribution >= 0.6 is 15.9 Å². The number of carbonyl (C=O) groups is 2. The minimum Gasteiger partial charge on any atom is -0.355 e. The van der Waals surface area contributed by atoms with E-state index in [1.54, 1.807) is 41.9 Å². The first kappa shape index (κ1) is 29.2. The first-order valence-corrected chi connectivity index (χ1v) is 13.8. The van der Waals surface area contributed by atoms with E-state index in [0.29, 0.717) is 41.1 Å². The fourth-order valence-corrected chi connectivity index (χ4v) is 5.69. The number of aromatic nitrogens is 3. The van der Waals surface area contributed by atoms with Gasteiger partial charge >= 0.3 is 6.18 Å². The van der Waals surface area contributed by atoms with E-state index in [2.05, 4.69) is 38.1 Å². The van der Waals surface area contributed by atoms with Crippen molar-refractivity contribution in [1.82, 2.24) is 24.4 Å². The van der Waals surface area contributed by atoms with E-state index in [-0.39, 0.29) is 34.5 Å². The number of alkyl halides is 3. The molecule has 0 saturated carbocycles. The third-order valence-corrected chi connectivity index (χ3v) is 8.07. The molecule has 1 N–H and O–H groups in total. The monoisotopic (exact) mass is 642 g/mol. The van der Waals surface area contributed by atoms with Crippen molar-refractivity contribution in [3.8, 4) is 5.69 Å². The van der Waals surface area contributed by atoms with Gasteiger partial charge in [0.05, 0.1) is 29.7 Å². The second kappa shape index (κ2) is 11.2. The predicted molar refractivity (Wildman–Crippen MR) is 154 cm³/mol. The van der Waals surface area contributed by atoms with Crippen LogP contribution in [0.4, 0.5) is 13.2 Å². The maximum absolute atomic E-state index is 14.1. The van der Waals surface area contributed by atoms with Crippen molar-refractivity contribution in [3.05, 3.63) is 97.0 Å². The third-order valence-electron chi connectivity index (χ3n) is 7.38. The highest BCUT2D eigenvalue weighted by molar-refractivity contribution is 9.10. The molecule has 0 aliphatic carbocycles. The van der Waals surface area contributed by atoms with Gasteiger partial charge < -0.3 is 15.2 Å². The van der Waals surface area contributed by atoms with Gasteiger partial charge in [-0.25, -0.2) is 4.52 Å². The van der Waals surface area contributed by atoms with Crippen molar-refractivity contribution in [2.45, 2.75) is 38.5 Å². The van der Waals surface area contributed by atoms with E-state index in [0.717, 1.165) is 11.6 Å². The van der Waals surface area contributed by atoms with Crippen molar-refractivity contribution < 1.29 is 22.8 Å². The van der Waals surface area contributed by atoms with Crippen molar-refractivity contribution in [2.24, 2.45) is 4.99 Å². The molecule has 2 aromatic heterocycles. The molecule has 218 valence electrons. The number of nitrogens with zero attached hydrogens (tertiary/aromatic N) is 5. The quantitative estimate of drug-likeness (QED) is 0.314. The molecule has 13 heteroatoms. The molecule has 1 atom stereocenters. The topological polar surface area (TPSA) is 101 Å². The first-order chi connectivity index (χ1) is 20.0. The lowest BCUT2D eigenvalue weighted by molar-refractivity contribution is -0.138. The summed E-state index contributed by atoms with van der Waals surface area (Å²) >= 11 is 2.92. The van der Waals surface area contributed by atoms with Crippen LogP contribution in [0, 0.1) is 0 Å². The SMILES string of the molecule is C=NCCc1cnn2c3c(c(=O)n(-c4ccc(C(=O)NC)cc4)c12)CC(C)N(C(=O)c1ccc(Br)c(C(F)(F)F)c1)C3. The standard InChI is InChI=1S/C29H26BrF3N6O3/c1-16-12-21-24(15-37(16)27(41)18-6-9-23(30)22(13-18)29(31,32)33)39-26(19(14-36-39)10-11-34-2)38(28(21)42)20-7-4-17(5-8-20)25(40)35-3/h4-9,13-14,16H,2,10-12,15H2,1,3H3,(H,35,40). The fraction of sp³-hybridized carbons (Fsp3) is 0.276. The Morgan fingerprint density at radius 3 is 2.50 bits per heavy atom. The lowest BCUT2D eigenvalue weighted by Crippen LogP contribution is -2.46. The van der Waals surface area contributed by atoms with Gasteiger partial charge in [-0.3, -0.25) is 19.0 Å². The molecule has 1 unspecified atom stereocenters. The zero-order valence-corrected chi connectivity index (χ0v) is 24.3. The molecule has 0 fully saturated rings. The van der Waals surface area contributed by atoms with Gasteiger partial charge in [0.25, 0.3) is 17.4 Å². The average Bonchev–Trinajstić information content (AvgIpc) is 3.38. The van der Waals surface area contributed by atoms with Gasteiger partial charge in [-0.2, -0.15) is 18.3 Å². The van der Waals surface area contributed by atoms with E-state index in [1.807, 2.05) is 0 Å². The van der Waals surface area contributed by atoms with Crippen LogP contribution in [-0.2, 0) is 25.6 Å². The Hall–Kier alpha value is -4.26. The van der Waals surface area contributed by atoms with Gasteiger partial charge in [-0.15, -0.1) is 0 Å². The summed E-state index contributed by atoms with van der Waals surface area (Å²) < 4.78 is 43.6. The zero-order chi connectivity index (χ0) is 30.3. The number of benzene rings is 2. The van der Waals surface area contributed by atoms with Gasteiger partial charge in [0.2, 0.25) is 0 Å². The van der Waals surface area contributed by atoms with E-state index in [1.165, 1.54) is 28.6 Å². The summed E-state index contributed by atoms with van der Waals surface area (Å²) in [5, 5.41) is 7.12. The number of amides is 2. The smallest absolute Gasteiger partial charge is 0.355 e. The van der Waals surface area contributed by atoms with Crippen LogP contribution in [0.1, 0.15) is 50.0 Å². The lowest BCUT2D eigenvalue weighted by Gasteiger charge is -2.35. The Kier molecular flexibility index (Phi) is 7.80. The molecule has 0 spiro atoms. The molecule has 2 aromatic carbocycles. The average molecular weight is 643 g/mol. The molecule has 3 heterocycles. The highest BCUT2D eigenvalue weighted by Gasteiger charge is 2.36. The van der Waals surface area contributed by atoms with Gasteiger partial charge in [0.1, 0.15) is 5.65 Å². The molecular weight excluding hydrogens is 617 g/mol. The number of hydrogen-bond acceptors (Lipinski definition) is 5. The molecule has 42 heavy (non-hydrogen) atoms. The maximum Gasteiger partial charge on any atom is 0.417 e. The number of halogens is 4. The Morgan fingerprint density at radius 2 is 1.86 bits per heavy atom. The highest BCUT2D eigenvalue weighted by atomic mass is 79.9. The maximum atomic E-state index is 14.1. The van der Waals surface area contributed by atoms with Gasteiger partial charge in [-0.1, -0.05) is 15.9 Å². The predicted octanol–water partition coefficient (Wildman–Crippen LogP) is 4.46. The first-order valence-electron chi connectivity index (χ1n) is 13.0. The molecule has 1 aliphatic rings. The number of hydrogen-bond donors (Lipinski definition) is 1. The van der Waals surface area contributed by atoms with Gasteiger partial charge in [0, 0.05) is 46.4 Å². The van der Waals surface area contributed by atoms with Crippen LogP contribution < -0.4 is 10.9 Å². The molecular formula is C29H26BrF3N6O3. The van der Waals surface area contributed by atoms with Crippen LogP contribution in [0.3, 0.4) is 0 Å². The molecule has 9 nitrogen and oxygen atoms in total. The molecule has 0 saturated heterocycles. The number of carbonyl (C=O) groups excluding carboxylic acids is 2. The van der Waals surface area contributed by atoms with Crippen LogP contribution in [0.5, 0.6) is 0 Å². The minimum atomic E-state index is -4.64. The Balaban J connectivity index is 1.63. The van der Waals surface area contributed by atoms with Gasteiger partial charge in [-0.05, 0) is 68.9 Å². The van der Waals surface area contributed by atoms with E-state index >= 15 is 0 Å². The third kappa shape index (κ3) is 5.13. The Morgan fingerprint density at radius 1 is 1.17 bits per heavy atom. The summed E-state index contributed by atoms with van der Waals surface area (Å²) in [4.78, 5) is 45.1. The molecule has 4 aromatic rings. The second-order valence-electron chi connectivity index (χ2n) is 9.97. The van der Waals surface area contributed by atoms with Crippen LogP contribution in [0.25, 0.3) is 11.3 Å². The second-order valence-corrected chi connectivity index (χ2v) is 10.8. The largest absolute Gasteiger partial charge is 0.417 e. The zero-order valence-electron chi connectivity index (χ0n) is 22.7. The van der Waals surface area contributed by atoms with E-state index in [9.17, 15) is 27.6 Å². The number of aliphatic imine (C=N–C) groups is 1. The highest BCUT2D eigenvalue weighted by Crippen LogP contribution is 2.36. The minimum absolute atomic E-state index is 0.0320. The normalized spacial score (nSPS) is 15.0. The van der Waals surface area contributed by atoms with Crippen molar-refractivity contribution in [1.29, 1.82) is 0 Å². The summed E-state index contributed by atoms with van der Waals surface area (Å²) in [7, 11) is 1.53. The Labute approximate surface area is 246 Å². The van der Waals surface area contributed by atoms with Crippen molar-refractivity contribution in [2.75, 3.05) is 13.6 Å². The molecule has 2 amide bonds. The Bertz CT molecular complexity index is 1780.